The minimum atomic E-state index is -0.133. The van der Waals surface area contributed by atoms with Crippen molar-refractivity contribution >= 4 is 17.5 Å². The summed E-state index contributed by atoms with van der Waals surface area (Å²) in [6.07, 6.45) is 0. The molecule has 0 saturated carbocycles. The largest absolute Gasteiger partial charge is 0.508 e. The van der Waals surface area contributed by atoms with Gasteiger partial charge in [0, 0.05) is 12.5 Å². The van der Waals surface area contributed by atoms with Crippen molar-refractivity contribution in [2.75, 3.05) is 6.54 Å². The van der Waals surface area contributed by atoms with Crippen LogP contribution in [0.2, 0.25) is 5.02 Å². The number of aromatic hydroxyl groups is 1. The van der Waals surface area contributed by atoms with Gasteiger partial charge < -0.3 is 10.4 Å². The maximum Gasteiger partial charge on any atom is 0.217 e. The molecule has 1 rings (SSSR count). The molecule has 3 nitrogen and oxygen atoms in total. The molecule has 0 radical (unpaired) electrons. The van der Waals surface area contributed by atoms with Crippen molar-refractivity contribution < 1.29 is 9.90 Å². The fourth-order valence-corrected chi connectivity index (χ4v) is 1.08. The van der Waals surface area contributed by atoms with Gasteiger partial charge in [0.1, 0.15) is 5.75 Å². The highest BCUT2D eigenvalue weighted by Gasteiger charge is 1.97. The predicted octanol–water partition coefficient (Wildman–Crippen LogP) is 1.53. The van der Waals surface area contributed by atoms with Gasteiger partial charge in [0.25, 0.3) is 0 Å². The van der Waals surface area contributed by atoms with Gasteiger partial charge in [-0.1, -0.05) is 23.4 Å². The lowest BCUT2D eigenvalue weighted by atomic mass is 10.2. The quantitative estimate of drug-likeness (QED) is 0.710. The van der Waals surface area contributed by atoms with Crippen molar-refractivity contribution in [3.05, 3.63) is 28.8 Å². The van der Waals surface area contributed by atoms with E-state index in [4.69, 9.17) is 11.6 Å². The molecule has 15 heavy (non-hydrogen) atoms. The Balaban J connectivity index is 2.71. The lowest BCUT2D eigenvalue weighted by molar-refractivity contribution is -0.118. The van der Waals surface area contributed by atoms with Crippen LogP contribution in [0.15, 0.2) is 18.2 Å². The predicted molar refractivity (Wildman–Crippen MR) is 58.7 cm³/mol. The SMILES string of the molecule is CC(=O)NCC#Cc1cc(O)ccc1Cl. The van der Waals surface area contributed by atoms with E-state index in [2.05, 4.69) is 17.2 Å². The first-order valence-electron chi connectivity index (χ1n) is 4.31. The molecule has 0 saturated heterocycles. The van der Waals surface area contributed by atoms with Gasteiger partial charge in [0.05, 0.1) is 11.6 Å². The molecule has 0 aliphatic heterocycles. The Hall–Kier alpha value is -1.66. The van der Waals surface area contributed by atoms with E-state index in [1.165, 1.54) is 19.1 Å². The lowest BCUT2D eigenvalue weighted by Crippen LogP contribution is -2.19. The second-order valence-corrected chi connectivity index (χ2v) is 3.28. The molecule has 0 heterocycles. The fraction of sp³-hybridized carbons (Fsp3) is 0.182. The number of phenolic OH excluding ortho intramolecular Hbond substituents is 1. The minimum absolute atomic E-state index is 0.114. The van der Waals surface area contributed by atoms with Crippen molar-refractivity contribution in [2.24, 2.45) is 0 Å². The first-order chi connectivity index (χ1) is 7.09. The van der Waals surface area contributed by atoms with Crippen molar-refractivity contribution in [3.63, 3.8) is 0 Å². The van der Waals surface area contributed by atoms with Crippen molar-refractivity contribution in [2.45, 2.75) is 6.92 Å². The van der Waals surface area contributed by atoms with E-state index in [-0.39, 0.29) is 18.2 Å². The van der Waals surface area contributed by atoms with E-state index in [1.54, 1.807) is 6.07 Å². The number of amides is 1. The molecule has 1 aromatic rings. The molecule has 1 amide bonds. The number of hydrogen-bond donors (Lipinski definition) is 2. The third kappa shape index (κ3) is 3.92. The monoisotopic (exact) mass is 223 g/mol. The van der Waals surface area contributed by atoms with E-state index >= 15 is 0 Å². The Morgan fingerprint density at radius 1 is 1.60 bits per heavy atom. The maximum absolute atomic E-state index is 10.5. The number of phenols is 1. The summed E-state index contributed by atoms with van der Waals surface area (Å²) in [5, 5.41) is 12.2. The van der Waals surface area contributed by atoms with Crippen LogP contribution < -0.4 is 5.32 Å². The van der Waals surface area contributed by atoms with Crippen LogP contribution >= 0.6 is 11.6 Å². The fourth-order valence-electron chi connectivity index (χ4n) is 0.917. The highest BCUT2D eigenvalue weighted by atomic mass is 35.5. The highest BCUT2D eigenvalue weighted by molar-refractivity contribution is 6.31. The first-order valence-corrected chi connectivity index (χ1v) is 4.69. The summed E-state index contributed by atoms with van der Waals surface area (Å²) in [4.78, 5) is 10.5. The van der Waals surface area contributed by atoms with Crippen molar-refractivity contribution in [3.8, 4) is 17.6 Å². The Labute approximate surface area is 93.1 Å². The van der Waals surface area contributed by atoms with E-state index < -0.39 is 0 Å². The van der Waals surface area contributed by atoms with Crippen LogP contribution in [0.3, 0.4) is 0 Å². The number of benzene rings is 1. The van der Waals surface area contributed by atoms with Crippen LogP contribution in [-0.4, -0.2) is 17.6 Å². The van der Waals surface area contributed by atoms with Crippen LogP contribution in [0.5, 0.6) is 5.75 Å². The smallest absolute Gasteiger partial charge is 0.217 e. The number of nitrogens with one attached hydrogen (secondary N) is 1. The summed E-state index contributed by atoms with van der Waals surface area (Å²) >= 11 is 5.84. The number of carbonyl (C=O) groups is 1. The van der Waals surface area contributed by atoms with Crippen LogP contribution in [0.4, 0.5) is 0 Å². The Kier molecular flexibility index (Phi) is 4.02. The molecule has 0 aromatic heterocycles. The zero-order chi connectivity index (χ0) is 11.3. The normalized spacial score (nSPS) is 8.93. The first kappa shape index (κ1) is 11.4. The molecule has 2 N–H and O–H groups in total. The lowest BCUT2D eigenvalue weighted by Gasteiger charge is -1.96. The van der Waals surface area contributed by atoms with Crippen LogP contribution in [0.1, 0.15) is 12.5 Å². The molecular weight excluding hydrogens is 214 g/mol. The van der Waals surface area contributed by atoms with Gasteiger partial charge in [-0.15, -0.1) is 0 Å². The number of rotatable bonds is 1. The van der Waals surface area contributed by atoms with Gasteiger partial charge in [-0.05, 0) is 18.2 Å². The third-order valence-electron chi connectivity index (χ3n) is 1.60. The van der Waals surface area contributed by atoms with Crippen molar-refractivity contribution in [1.82, 2.24) is 5.32 Å². The van der Waals surface area contributed by atoms with E-state index in [0.29, 0.717) is 10.6 Å². The van der Waals surface area contributed by atoms with Gasteiger partial charge in [-0.25, -0.2) is 0 Å². The molecule has 0 atom stereocenters. The van der Waals surface area contributed by atoms with E-state index in [0.717, 1.165) is 0 Å². The number of halogens is 1. The zero-order valence-corrected chi connectivity index (χ0v) is 8.93. The molecule has 78 valence electrons. The molecule has 0 fully saturated rings. The summed E-state index contributed by atoms with van der Waals surface area (Å²) < 4.78 is 0. The Morgan fingerprint density at radius 2 is 2.33 bits per heavy atom. The van der Waals surface area contributed by atoms with Gasteiger partial charge in [0.2, 0.25) is 5.91 Å². The summed E-state index contributed by atoms with van der Waals surface area (Å²) in [5.41, 5.74) is 0.544. The average molecular weight is 224 g/mol. The van der Waals surface area contributed by atoms with Crippen LogP contribution in [0.25, 0.3) is 0 Å². The van der Waals surface area contributed by atoms with E-state index in [9.17, 15) is 9.90 Å². The standard InChI is InChI=1S/C11H10ClNO2/c1-8(14)13-6-2-3-9-7-10(15)4-5-11(9)12/h4-5,7,15H,6H2,1H3,(H,13,14). The van der Waals surface area contributed by atoms with E-state index in [1.807, 2.05) is 0 Å². The summed E-state index contributed by atoms with van der Waals surface area (Å²) in [6, 6.07) is 4.53. The molecule has 0 bridgehead atoms. The summed E-state index contributed by atoms with van der Waals surface area (Å²) in [5.74, 6) is 5.46. The van der Waals surface area contributed by atoms with Gasteiger partial charge >= 0.3 is 0 Å². The molecule has 0 unspecified atom stereocenters. The molecule has 0 aliphatic rings. The Bertz CT molecular complexity index is 432. The van der Waals surface area contributed by atoms with Crippen LogP contribution in [0, 0.1) is 11.8 Å². The highest BCUT2D eigenvalue weighted by Crippen LogP contribution is 2.19. The third-order valence-corrected chi connectivity index (χ3v) is 1.93. The minimum Gasteiger partial charge on any atom is -0.508 e. The van der Waals surface area contributed by atoms with Gasteiger partial charge in [0.15, 0.2) is 0 Å². The Morgan fingerprint density at radius 3 is 3.00 bits per heavy atom. The van der Waals surface area contributed by atoms with Gasteiger partial charge in [-0.2, -0.15) is 0 Å². The van der Waals surface area contributed by atoms with Crippen molar-refractivity contribution in [1.29, 1.82) is 0 Å². The number of hydrogen-bond acceptors (Lipinski definition) is 2. The molecule has 0 spiro atoms. The second-order valence-electron chi connectivity index (χ2n) is 2.88. The van der Waals surface area contributed by atoms with Crippen LogP contribution in [-0.2, 0) is 4.79 Å². The molecular formula is C11H10ClNO2. The summed E-state index contributed by atoms with van der Waals surface area (Å²) in [6.45, 7) is 1.68. The molecule has 0 aliphatic carbocycles. The zero-order valence-electron chi connectivity index (χ0n) is 8.17. The summed E-state index contributed by atoms with van der Waals surface area (Å²) in [7, 11) is 0. The molecule has 4 heteroatoms. The second kappa shape index (κ2) is 5.28. The number of carbonyl (C=O) groups excluding carboxylic acids is 1. The maximum atomic E-state index is 10.5. The van der Waals surface area contributed by atoms with Gasteiger partial charge in [-0.3, -0.25) is 4.79 Å². The topological polar surface area (TPSA) is 49.3 Å². The molecule has 1 aromatic carbocycles. The average Bonchev–Trinajstić information content (AvgIpc) is 2.17.